The topological polar surface area (TPSA) is 58.9 Å². The first-order valence-corrected chi connectivity index (χ1v) is 5.70. The van der Waals surface area contributed by atoms with Crippen LogP contribution in [0.3, 0.4) is 0 Å². The second kappa shape index (κ2) is 29.4. The first-order valence-electron chi connectivity index (χ1n) is 4.10. The fraction of sp³-hybridized carbons (Fsp3) is 0.750. The minimum absolute atomic E-state index is 0.615. The van der Waals surface area contributed by atoms with E-state index in [-0.39, 0.29) is 0 Å². The van der Waals surface area contributed by atoms with Crippen molar-refractivity contribution in [2.24, 2.45) is 9.98 Å². The van der Waals surface area contributed by atoms with E-state index in [2.05, 4.69) is 33.3 Å². The van der Waals surface area contributed by atoms with Crippen LogP contribution in [-0.4, -0.2) is 25.2 Å². The maximum absolute atomic E-state index is 9.27. The number of aliphatic imine (C=N–C) groups is 2. The Morgan fingerprint density at radius 3 is 1.29 bits per heavy atom. The Bertz CT molecular complexity index is 156. The van der Waals surface area contributed by atoms with E-state index in [4.69, 9.17) is 0 Å². The first-order chi connectivity index (χ1) is 6.83. The Morgan fingerprint density at radius 1 is 0.929 bits per heavy atom. The van der Waals surface area contributed by atoms with Crippen LogP contribution in [-0.2, 0) is 9.59 Å². The summed E-state index contributed by atoms with van der Waals surface area (Å²) >= 11 is 6.44. The average Bonchev–Trinajstić information content (AvgIpc) is 2.27. The largest absolute Gasteiger partial charge is 0.234 e. The fourth-order valence-electron chi connectivity index (χ4n) is 0.315. The van der Waals surface area contributed by atoms with Crippen LogP contribution < -0.4 is 0 Å². The van der Waals surface area contributed by atoms with Crippen LogP contribution in [0, 0.1) is 0 Å². The highest BCUT2D eigenvalue weighted by Gasteiger charge is 1.66. The van der Waals surface area contributed by atoms with E-state index in [1.54, 1.807) is 0 Å². The monoisotopic (exact) mass is 236 g/mol. The van der Waals surface area contributed by atoms with Crippen molar-refractivity contribution in [2.75, 3.05) is 13.1 Å². The van der Waals surface area contributed by atoms with E-state index >= 15 is 0 Å². The van der Waals surface area contributed by atoms with Crippen LogP contribution in [0.25, 0.3) is 0 Å². The summed E-state index contributed by atoms with van der Waals surface area (Å²) in [4.78, 5) is 25.1. The first kappa shape index (κ1) is 19.1. The molecule has 82 valence electrons. The highest BCUT2D eigenvalue weighted by atomic mass is 33.1. The van der Waals surface area contributed by atoms with Gasteiger partial charge in [0.25, 0.3) is 0 Å². The molecule has 0 aromatic heterocycles. The summed E-state index contributed by atoms with van der Waals surface area (Å²) in [6, 6.07) is 0. The number of isocyanates is 2. The van der Waals surface area contributed by atoms with Crippen molar-refractivity contribution >= 4 is 35.5 Å². The van der Waals surface area contributed by atoms with Gasteiger partial charge < -0.3 is 0 Å². The van der Waals surface area contributed by atoms with Crippen molar-refractivity contribution in [1.82, 2.24) is 0 Å². The lowest BCUT2D eigenvalue weighted by molar-refractivity contribution is 0.562. The Balaban J connectivity index is -0.000000147. The SMILES string of the molecule is CCCN=C=O.CCCN=C=O.SS. The zero-order chi connectivity index (χ0) is 11.7. The molecule has 0 aliphatic carbocycles. The van der Waals surface area contributed by atoms with Gasteiger partial charge in [0.1, 0.15) is 0 Å². The van der Waals surface area contributed by atoms with Gasteiger partial charge in [-0.3, -0.25) is 0 Å². The van der Waals surface area contributed by atoms with E-state index in [1.165, 1.54) is 12.2 Å². The van der Waals surface area contributed by atoms with Crippen molar-refractivity contribution in [2.45, 2.75) is 26.7 Å². The molecule has 0 saturated heterocycles. The summed E-state index contributed by atoms with van der Waals surface area (Å²) in [7, 11) is 0. The predicted molar refractivity (Wildman–Crippen MR) is 64.5 cm³/mol. The molecule has 0 radical (unpaired) electrons. The molecule has 0 saturated carbocycles. The van der Waals surface area contributed by atoms with Gasteiger partial charge in [0.15, 0.2) is 0 Å². The Hall–Kier alpha value is -0.540. The number of carbonyl (C=O) groups excluding carboxylic acids is 2. The summed E-state index contributed by atoms with van der Waals surface area (Å²) in [5, 5.41) is 0. The standard InChI is InChI=1S/2C4H7NO.H2S2/c2*1-2-3-5-4-6;1-2/h2*2-3H2,1H3;1-2H. The van der Waals surface area contributed by atoms with Crippen LogP contribution in [0.15, 0.2) is 9.98 Å². The molecule has 0 atom stereocenters. The molecule has 0 aliphatic rings. The van der Waals surface area contributed by atoms with E-state index in [9.17, 15) is 9.59 Å². The van der Waals surface area contributed by atoms with Gasteiger partial charge in [-0.2, -0.15) is 0 Å². The van der Waals surface area contributed by atoms with Crippen LogP contribution >= 0.6 is 23.3 Å². The van der Waals surface area contributed by atoms with Gasteiger partial charge in [0.05, 0.1) is 13.1 Å². The number of hydrogen-bond acceptors (Lipinski definition) is 6. The van der Waals surface area contributed by atoms with Gasteiger partial charge in [0, 0.05) is 0 Å². The lowest BCUT2D eigenvalue weighted by atomic mass is 10.5. The third-order valence-corrected chi connectivity index (χ3v) is 0.800. The van der Waals surface area contributed by atoms with Crippen molar-refractivity contribution in [3.63, 3.8) is 0 Å². The lowest BCUT2D eigenvalue weighted by Gasteiger charge is -1.71. The number of thiol groups is 2. The highest BCUT2D eigenvalue weighted by molar-refractivity contribution is 8.59. The van der Waals surface area contributed by atoms with Crippen molar-refractivity contribution in [3.8, 4) is 0 Å². The zero-order valence-electron chi connectivity index (χ0n) is 8.43. The second-order valence-electron chi connectivity index (χ2n) is 1.95. The molecule has 6 heteroatoms. The molecule has 4 nitrogen and oxygen atoms in total. The molecule has 0 heterocycles. The maximum atomic E-state index is 9.27. The third-order valence-electron chi connectivity index (χ3n) is 0.800. The van der Waals surface area contributed by atoms with Crippen LogP contribution in [0.4, 0.5) is 0 Å². The molecule has 0 aromatic carbocycles. The fourth-order valence-corrected chi connectivity index (χ4v) is 0.315. The smallest absolute Gasteiger partial charge is 0.211 e. The Kier molecular flexibility index (Phi) is 40.1. The molecule has 0 amide bonds. The van der Waals surface area contributed by atoms with E-state index < -0.39 is 0 Å². The van der Waals surface area contributed by atoms with Crippen molar-refractivity contribution in [1.29, 1.82) is 0 Å². The third kappa shape index (κ3) is 42.1. The minimum atomic E-state index is 0.615. The molecule has 0 aromatic rings. The lowest BCUT2D eigenvalue weighted by Crippen LogP contribution is -1.69. The van der Waals surface area contributed by atoms with Crippen LogP contribution in [0.1, 0.15) is 26.7 Å². The number of rotatable bonds is 4. The van der Waals surface area contributed by atoms with Gasteiger partial charge in [-0.25, -0.2) is 19.6 Å². The minimum Gasteiger partial charge on any atom is -0.211 e. The van der Waals surface area contributed by atoms with Crippen LogP contribution in [0.2, 0.25) is 0 Å². The summed E-state index contributed by atoms with van der Waals surface area (Å²) in [5.74, 6) is 0. The van der Waals surface area contributed by atoms with Crippen LogP contribution in [0.5, 0.6) is 0 Å². The Labute approximate surface area is 95.1 Å². The normalized spacial score (nSPS) is 6.29. The van der Waals surface area contributed by atoms with Crippen molar-refractivity contribution in [3.05, 3.63) is 0 Å². The van der Waals surface area contributed by atoms with Gasteiger partial charge >= 0.3 is 0 Å². The maximum Gasteiger partial charge on any atom is 0.234 e. The number of nitrogens with zero attached hydrogens (tertiary/aromatic N) is 2. The highest BCUT2D eigenvalue weighted by Crippen LogP contribution is 1.71. The van der Waals surface area contributed by atoms with Gasteiger partial charge in [-0.15, -0.1) is 23.3 Å². The molecule has 0 unspecified atom stereocenters. The van der Waals surface area contributed by atoms with Gasteiger partial charge in [0.2, 0.25) is 12.2 Å². The van der Waals surface area contributed by atoms with E-state index in [0.717, 1.165) is 12.8 Å². The van der Waals surface area contributed by atoms with Gasteiger partial charge in [-0.05, 0) is 12.8 Å². The number of hydrogen-bond donors (Lipinski definition) is 2. The molecule has 0 aliphatic heterocycles. The zero-order valence-corrected chi connectivity index (χ0v) is 10.2. The van der Waals surface area contributed by atoms with E-state index in [1.807, 2.05) is 13.8 Å². The second-order valence-corrected chi connectivity index (χ2v) is 1.95. The van der Waals surface area contributed by atoms with Gasteiger partial charge in [-0.1, -0.05) is 13.8 Å². The molecule has 0 spiro atoms. The molecule has 0 rings (SSSR count). The van der Waals surface area contributed by atoms with E-state index in [0.29, 0.717) is 13.1 Å². The Morgan fingerprint density at radius 2 is 1.21 bits per heavy atom. The molecular weight excluding hydrogens is 220 g/mol. The average molecular weight is 236 g/mol. The summed E-state index contributed by atoms with van der Waals surface area (Å²) in [5.41, 5.74) is 0. The summed E-state index contributed by atoms with van der Waals surface area (Å²) < 4.78 is 0. The molecule has 0 fully saturated rings. The molecular formula is C8H16N2O2S2. The molecule has 14 heavy (non-hydrogen) atoms. The molecule has 0 bridgehead atoms. The van der Waals surface area contributed by atoms with Crippen molar-refractivity contribution < 1.29 is 9.59 Å². The quantitative estimate of drug-likeness (QED) is 0.340. The molecule has 0 N–H and O–H groups in total. The summed E-state index contributed by atoms with van der Waals surface area (Å²) in [6.45, 7) is 5.15. The summed E-state index contributed by atoms with van der Waals surface area (Å²) in [6.07, 6.45) is 4.74. The predicted octanol–water partition coefficient (Wildman–Crippen LogP) is 2.23.